The highest BCUT2D eigenvalue weighted by Gasteiger charge is 2.42. The minimum atomic E-state index is -0.616. The van der Waals surface area contributed by atoms with E-state index in [2.05, 4.69) is 5.32 Å². The highest BCUT2D eigenvalue weighted by Crippen LogP contribution is 2.37. The van der Waals surface area contributed by atoms with Crippen LogP contribution >= 0.6 is 0 Å². The molecular formula is C24H26N4O3. The van der Waals surface area contributed by atoms with Gasteiger partial charge in [0.25, 0.3) is 5.91 Å². The molecule has 31 heavy (non-hydrogen) atoms. The molecule has 3 aromatic rings. The summed E-state index contributed by atoms with van der Waals surface area (Å²) in [6.07, 6.45) is 2.01. The van der Waals surface area contributed by atoms with Gasteiger partial charge in [-0.2, -0.15) is 0 Å². The maximum atomic E-state index is 13.4. The SMILES string of the molecule is Cc1ccc(NC(=O)C[C@@H]2C(=O)N(C[C@@H]3CCCO3)c3nc4ccccc4n32)c(C)c1. The smallest absolute Gasteiger partial charge is 0.253 e. The van der Waals surface area contributed by atoms with Crippen LogP contribution < -0.4 is 10.2 Å². The van der Waals surface area contributed by atoms with Crippen LogP contribution in [0.3, 0.4) is 0 Å². The highest BCUT2D eigenvalue weighted by atomic mass is 16.5. The zero-order valence-corrected chi connectivity index (χ0v) is 17.8. The van der Waals surface area contributed by atoms with E-state index >= 15 is 0 Å². The van der Waals surface area contributed by atoms with Gasteiger partial charge >= 0.3 is 0 Å². The minimum Gasteiger partial charge on any atom is -0.376 e. The third-order valence-electron chi connectivity index (χ3n) is 6.13. The lowest BCUT2D eigenvalue weighted by Crippen LogP contribution is -2.37. The van der Waals surface area contributed by atoms with Crippen LogP contribution in [-0.4, -0.2) is 40.6 Å². The van der Waals surface area contributed by atoms with Gasteiger partial charge in [0, 0.05) is 12.3 Å². The van der Waals surface area contributed by atoms with Crippen LogP contribution in [0.5, 0.6) is 0 Å². The lowest BCUT2D eigenvalue weighted by atomic mass is 10.1. The van der Waals surface area contributed by atoms with Gasteiger partial charge in [-0.15, -0.1) is 0 Å². The number of ether oxygens (including phenoxy) is 1. The third kappa shape index (κ3) is 3.59. The van der Waals surface area contributed by atoms with Crippen molar-refractivity contribution in [2.45, 2.75) is 45.3 Å². The lowest BCUT2D eigenvalue weighted by Gasteiger charge is -2.19. The summed E-state index contributed by atoms with van der Waals surface area (Å²) in [5, 5.41) is 2.98. The predicted molar refractivity (Wildman–Crippen MR) is 119 cm³/mol. The molecule has 7 heteroatoms. The van der Waals surface area contributed by atoms with Crippen molar-refractivity contribution in [3.8, 4) is 0 Å². The lowest BCUT2D eigenvalue weighted by molar-refractivity contribution is -0.124. The molecule has 3 heterocycles. The molecule has 2 amide bonds. The number of fused-ring (bicyclic) bond motifs is 3. The molecule has 0 radical (unpaired) electrons. The van der Waals surface area contributed by atoms with Gasteiger partial charge in [-0.25, -0.2) is 4.98 Å². The Morgan fingerprint density at radius 2 is 2.06 bits per heavy atom. The topological polar surface area (TPSA) is 76.5 Å². The van der Waals surface area contributed by atoms with E-state index in [9.17, 15) is 9.59 Å². The quantitative estimate of drug-likeness (QED) is 0.685. The summed E-state index contributed by atoms with van der Waals surface area (Å²) in [6, 6.07) is 13.0. The molecule has 160 valence electrons. The Bertz CT molecular complexity index is 1160. The first kappa shape index (κ1) is 19.8. The van der Waals surface area contributed by atoms with E-state index in [-0.39, 0.29) is 24.3 Å². The van der Waals surface area contributed by atoms with Crippen molar-refractivity contribution in [3.63, 3.8) is 0 Å². The number of hydrogen-bond donors (Lipinski definition) is 1. The van der Waals surface area contributed by atoms with Crippen LogP contribution in [0.25, 0.3) is 11.0 Å². The first-order chi connectivity index (χ1) is 15.0. The van der Waals surface area contributed by atoms with Crippen LogP contribution in [0, 0.1) is 13.8 Å². The predicted octanol–water partition coefficient (Wildman–Crippen LogP) is 3.75. The maximum Gasteiger partial charge on any atom is 0.253 e. The molecule has 2 aliphatic rings. The largest absolute Gasteiger partial charge is 0.376 e. The number of para-hydroxylation sites is 2. The first-order valence-corrected chi connectivity index (χ1v) is 10.8. The Morgan fingerprint density at radius 1 is 1.23 bits per heavy atom. The van der Waals surface area contributed by atoms with Gasteiger partial charge in [0.15, 0.2) is 0 Å². The van der Waals surface area contributed by atoms with Gasteiger partial charge in [-0.05, 0) is 50.5 Å². The molecule has 2 aromatic carbocycles. The minimum absolute atomic E-state index is 0.0139. The molecule has 1 fully saturated rings. The van der Waals surface area contributed by atoms with Gasteiger partial charge in [0.1, 0.15) is 6.04 Å². The van der Waals surface area contributed by atoms with Crippen molar-refractivity contribution in [2.75, 3.05) is 23.4 Å². The van der Waals surface area contributed by atoms with E-state index in [0.717, 1.165) is 47.3 Å². The number of anilines is 2. The van der Waals surface area contributed by atoms with Gasteiger partial charge in [-0.3, -0.25) is 19.1 Å². The fourth-order valence-corrected chi connectivity index (χ4v) is 4.59. The zero-order valence-electron chi connectivity index (χ0n) is 17.8. The Morgan fingerprint density at radius 3 is 2.84 bits per heavy atom. The number of imidazole rings is 1. The summed E-state index contributed by atoms with van der Waals surface area (Å²) in [5.41, 5.74) is 4.60. The average Bonchev–Trinajstić information content (AvgIpc) is 3.44. The van der Waals surface area contributed by atoms with Gasteiger partial charge in [0.2, 0.25) is 11.9 Å². The fraction of sp³-hybridized carbons (Fsp3) is 0.375. The van der Waals surface area contributed by atoms with Crippen molar-refractivity contribution in [2.24, 2.45) is 0 Å². The van der Waals surface area contributed by atoms with Crippen molar-refractivity contribution >= 4 is 34.5 Å². The van der Waals surface area contributed by atoms with Crippen molar-refractivity contribution < 1.29 is 14.3 Å². The van der Waals surface area contributed by atoms with Gasteiger partial charge in [-0.1, -0.05) is 29.8 Å². The second-order valence-corrected chi connectivity index (χ2v) is 8.44. The summed E-state index contributed by atoms with van der Waals surface area (Å²) in [5.74, 6) is 0.318. The first-order valence-electron chi connectivity index (χ1n) is 10.8. The number of aryl methyl sites for hydroxylation is 2. The summed E-state index contributed by atoms with van der Waals surface area (Å²) in [7, 11) is 0. The second-order valence-electron chi connectivity index (χ2n) is 8.44. The summed E-state index contributed by atoms with van der Waals surface area (Å²) in [4.78, 5) is 32.7. The van der Waals surface area contributed by atoms with Crippen LogP contribution in [0.2, 0.25) is 0 Å². The summed E-state index contributed by atoms with van der Waals surface area (Å²) in [6.45, 7) is 5.18. The molecular weight excluding hydrogens is 392 g/mol. The van der Waals surface area contributed by atoms with Crippen LogP contribution in [0.4, 0.5) is 11.6 Å². The number of rotatable bonds is 5. The molecule has 0 bridgehead atoms. The van der Waals surface area contributed by atoms with E-state index < -0.39 is 6.04 Å². The molecule has 2 atom stereocenters. The second kappa shape index (κ2) is 7.81. The van der Waals surface area contributed by atoms with E-state index in [0.29, 0.717) is 12.5 Å². The van der Waals surface area contributed by atoms with Crippen molar-refractivity contribution in [3.05, 3.63) is 53.6 Å². The highest BCUT2D eigenvalue weighted by molar-refractivity contribution is 6.05. The average molecular weight is 418 g/mol. The standard InChI is InChI=1S/C24H26N4O3/c1-15-9-10-18(16(2)12-15)25-22(29)13-21-23(30)27(14-17-6-5-11-31-17)24-26-19-7-3-4-8-20(19)28(21)24/h3-4,7-10,12,17,21H,5-6,11,13-14H2,1-2H3,(H,25,29)/t17-,21+/m0/s1. The molecule has 2 aliphatic heterocycles. The monoisotopic (exact) mass is 418 g/mol. The number of carbonyl (C=O) groups excluding carboxylic acids is 2. The number of nitrogens with zero attached hydrogens (tertiary/aromatic N) is 3. The van der Waals surface area contributed by atoms with Gasteiger partial charge in [0.05, 0.1) is 30.1 Å². The number of benzene rings is 2. The number of aromatic nitrogens is 2. The molecule has 1 aromatic heterocycles. The van der Waals surface area contributed by atoms with Crippen LogP contribution in [-0.2, 0) is 14.3 Å². The van der Waals surface area contributed by atoms with E-state index in [1.54, 1.807) is 4.90 Å². The van der Waals surface area contributed by atoms with Gasteiger partial charge < -0.3 is 10.1 Å². The summed E-state index contributed by atoms with van der Waals surface area (Å²) >= 11 is 0. The summed E-state index contributed by atoms with van der Waals surface area (Å²) < 4.78 is 7.67. The third-order valence-corrected chi connectivity index (χ3v) is 6.13. The van der Waals surface area contributed by atoms with E-state index in [4.69, 9.17) is 9.72 Å². The molecule has 1 saturated heterocycles. The molecule has 7 nitrogen and oxygen atoms in total. The molecule has 5 rings (SSSR count). The number of carbonyl (C=O) groups is 2. The number of nitrogens with one attached hydrogen (secondary N) is 1. The maximum absolute atomic E-state index is 13.4. The Kier molecular flexibility index (Phi) is 4.98. The Balaban J connectivity index is 1.44. The zero-order chi connectivity index (χ0) is 21.5. The Labute approximate surface area is 181 Å². The number of hydrogen-bond acceptors (Lipinski definition) is 4. The number of amides is 2. The van der Waals surface area contributed by atoms with Crippen molar-refractivity contribution in [1.29, 1.82) is 0 Å². The molecule has 1 N–H and O–H groups in total. The molecule has 0 saturated carbocycles. The van der Waals surface area contributed by atoms with Crippen molar-refractivity contribution in [1.82, 2.24) is 9.55 Å². The van der Waals surface area contributed by atoms with E-state index in [1.807, 2.05) is 60.9 Å². The van der Waals surface area contributed by atoms with Crippen LogP contribution in [0.1, 0.15) is 36.4 Å². The Hall–Kier alpha value is -3.19. The fourth-order valence-electron chi connectivity index (χ4n) is 4.59. The molecule has 0 aliphatic carbocycles. The molecule has 0 unspecified atom stereocenters. The van der Waals surface area contributed by atoms with Crippen LogP contribution in [0.15, 0.2) is 42.5 Å². The van der Waals surface area contributed by atoms with E-state index in [1.165, 1.54) is 0 Å². The normalized spacial score (nSPS) is 20.5. The molecule has 0 spiro atoms.